The maximum Gasteiger partial charge on any atom is 0.166 e. The van der Waals surface area contributed by atoms with Crippen molar-refractivity contribution in [1.82, 2.24) is 14.6 Å². The summed E-state index contributed by atoms with van der Waals surface area (Å²) >= 11 is 0. The van der Waals surface area contributed by atoms with Gasteiger partial charge in [0.25, 0.3) is 0 Å². The van der Waals surface area contributed by atoms with E-state index in [2.05, 4.69) is 10.4 Å². The maximum absolute atomic E-state index is 13.1. The van der Waals surface area contributed by atoms with Gasteiger partial charge in [-0.1, -0.05) is 0 Å². The molecule has 3 aromatic rings. The summed E-state index contributed by atoms with van der Waals surface area (Å²) in [5.74, 6) is 1.61. The average Bonchev–Trinajstić information content (AvgIpc) is 3.17. The van der Waals surface area contributed by atoms with Crippen molar-refractivity contribution in [2.24, 2.45) is 0 Å². The molecule has 0 saturated heterocycles. The fourth-order valence-corrected chi connectivity index (χ4v) is 3.36. The number of benzene rings is 1. The van der Waals surface area contributed by atoms with Gasteiger partial charge in [0.05, 0.1) is 20.4 Å². The minimum atomic E-state index is -0.286. The van der Waals surface area contributed by atoms with Gasteiger partial charge in [-0.3, -0.25) is 0 Å². The van der Waals surface area contributed by atoms with E-state index in [0.29, 0.717) is 29.4 Å². The fraction of sp³-hybridized carbons (Fsp3) is 0.238. The van der Waals surface area contributed by atoms with Gasteiger partial charge in [0.15, 0.2) is 17.2 Å². The van der Waals surface area contributed by atoms with Crippen LogP contribution < -0.4 is 5.32 Å². The van der Waals surface area contributed by atoms with Gasteiger partial charge >= 0.3 is 0 Å². The van der Waals surface area contributed by atoms with Crippen molar-refractivity contribution >= 4 is 22.7 Å². The van der Waals surface area contributed by atoms with E-state index in [0.717, 1.165) is 16.8 Å². The molecule has 0 amide bonds. The van der Waals surface area contributed by atoms with Gasteiger partial charge < -0.3 is 19.5 Å². The quantitative estimate of drug-likeness (QED) is 0.681. The summed E-state index contributed by atoms with van der Waals surface area (Å²) < 4.78 is 31.4. The first-order chi connectivity index (χ1) is 14.1. The van der Waals surface area contributed by atoms with Crippen LogP contribution in [0.25, 0.3) is 11.2 Å². The number of rotatable bonds is 6. The summed E-state index contributed by atoms with van der Waals surface area (Å²) in [6.45, 7) is 0. The molecular formula is C21H21FN4O3. The summed E-state index contributed by atoms with van der Waals surface area (Å²) in [7, 11) is 4.84. The highest BCUT2D eigenvalue weighted by Gasteiger charge is 2.28. The lowest BCUT2D eigenvalue weighted by Gasteiger charge is -2.25. The topological polar surface area (TPSA) is 69.9 Å². The molecule has 4 rings (SSSR count). The van der Waals surface area contributed by atoms with E-state index in [-0.39, 0.29) is 11.9 Å². The van der Waals surface area contributed by atoms with Crippen LogP contribution in [0.2, 0.25) is 0 Å². The van der Waals surface area contributed by atoms with E-state index in [1.807, 2.05) is 18.3 Å². The van der Waals surface area contributed by atoms with E-state index in [9.17, 15) is 4.39 Å². The van der Waals surface area contributed by atoms with Crippen molar-refractivity contribution in [3.05, 3.63) is 71.7 Å². The molecule has 1 unspecified atom stereocenters. The lowest BCUT2D eigenvalue weighted by atomic mass is 9.95. The Morgan fingerprint density at radius 1 is 1.10 bits per heavy atom. The molecule has 0 fully saturated rings. The molecule has 1 aliphatic rings. The van der Waals surface area contributed by atoms with Crippen molar-refractivity contribution in [2.45, 2.75) is 12.5 Å². The summed E-state index contributed by atoms with van der Waals surface area (Å²) in [5.41, 5.74) is 3.29. The highest BCUT2D eigenvalue weighted by Crippen LogP contribution is 2.34. The van der Waals surface area contributed by atoms with Gasteiger partial charge in [0, 0.05) is 31.0 Å². The van der Waals surface area contributed by atoms with Crippen molar-refractivity contribution in [1.29, 1.82) is 0 Å². The Balaban J connectivity index is 1.72. The fourth-order valence-electron chi connectivity index (χ4n) is 3.36. The largest absolute Gasteiger partial charge is 0.494 e. The molecule has 1 aromatic carbocycles. The van der Waals surface area contributed by atoms with Crippen molar-refractivity contribution in [2.75, 3.05) is 26.6 Å². The standard InChI is InChI=1S/C21H21FN4O3/c1-27-17-10-13(11-18(28-2)20(17)29-3)16-12-23-26-9-8-19(25-21(16)26)24-15-6-4-14(22)5-7-15/h4-10,12,18H,11H2,1-3H3,(H,24,25). The second-order valence-electron chi connectivity index (χ2n) is 6.51. The molecule has 8 heteroatoms. The molecule has 0 saturated carbocycles. The van der Waals surface area contributed by atoms with Crippen LogP contribution in [0.5, 0.6) is 0 Å². The van der Waals surface area contributed by atoms with E-state index in [4.69, 9.17) is 19.2 Å². The first-order valence-corrected chi connectivity index (χ1v) is 9.05. The van der Waals surface area contributed by atoms with Gasteiger partial charge in [0.1, 0.15) is 17.7 Å². The van der Waals surface area contributed by atoms with Crippen LogP contribution in [0.1, 0.15) is 12.0 Å². The van der Waals surface area contributed by atoms with E-state index < -0.39 is 0 Å². The normalized spacial score (nSPS) is 16.7. The molecule has 1 atom stereocenters. The van der Waals surface area contributed by atoms with Crippen LogP contribution in [0.4, 0.5) is 15.9 Å². The molecular weight excluding hydrogens is 375 g/mol. The Labute approximate surface area is 167 Å². The van der Waals surface area contributed by atoms with Crippen LogP contribution in [-0.2, 0) is 14.2 Å². The zero-order valence-corrected chi connectivity index (χ0v) is 16.3. The monoisotopic (exact) mass is 396 g/mol. The molecule has 0 aliphatic heterocycles. The van der Waals surface area contributed by atoms with Gasteiger partial charge in [-0.05, 0) is 42.0 Å². The lowest BCUT2D eigenvalue weighted by Crippen LogP contribution is -2.21. The highest BCUT2D eigenvalue weighted by atomic mass is 19.1. The zero-order chi connectivity index (χ0) is 20.4. The number of anilines is 2. The minimum Gasteiger partial charge on any atom is -0.494 e. The van der Waals surface area contributed by atoms with Gasteiger partial charge in [-0.15, -0.1) is 0 Å². The minimum absolute atomic E-state index is 0.259. The molecule has 1 aliphatic carbocycles. The lowest BCUT2D eigenvalue weighted by molar-refractivity contribution is 0.0692. The van der Waals surface area contributed by atoms with Crippen LogP contribution in [0.3, 0.4) is 0 Å². The van der Waals surface area contributed by atoms with E-state index in [1.165, 1.54) is 12.1 Å². The SMILES string of the molecule is COC1=C(OC)C(OC)CC(c2cnn3ccc(Nc4ccc(F)cc4)nc23)=C1. The summed E-state index contributed by atoms with van der Waals surface area (Å²) in [6, 6.07) is 7.92. The van der Waals surface area contributed by atoms with Crippen LogP contribution >= 0.6 is 0 Å². The molecule has 2 heterocycles. The number of nitrogens with one attached hydrogen (secondary N) is 1. The third-order valence-electron chi connectivity index (χ3n) is 4.80. The molecule has 2 aromatic heterocycles. The number of hydrogen-bond donors (Lipinski definition) is 1. The molecule has 7 nitrogen and oxygen atoms in total. The zero-order valence-electron chi connectivity index (χ0n) is 16.3. The number of hydrogen-bond acceptors (Lipinski definition) is 6. The van der Waals surface area contributed by atoms with E-state index in [1.54, 1.807) is 44.2 Å². The van der Waals surface area contributed by atoms with Crippen LogP contribution in [0.15, 0.2) is 60.3 Å². The first kappa shape index (κ1) is 18.9. The molecule has 150 valence electrons. The smallest absolute Gasteiger partial charge is 0.166 e. The Hall–Kier alpha value is -3.39. The molecule has 0 bridgehead atoms. The summed E-state index contributed by atoms with van der Waals surface area (Å²) in [6.07, 6.45) is 5.86. The number of allylic oxidation sites excluding steroid dienone is 1. The summed E-state index contributed by atoms with van der Waals surface area (Å²) in [5, 5.41) is 7.58. The number of fused-ring (bicyclic) bond motifs is 1. The number of aromatic nitrogens is 3. The Kier molecular flexibility index (Phi) is 5.18. The number of ether oxygens (including phenoxy) is 3. The predicted octanol–water partition coefficient (Wildman–Crippen LogP) is 3.92. The van der Waals surface area contributed by atoms with E-state index >= 15 is 0 Å². The predicted molar refractivity (Wildman–Crippen MR) is 107 cm³/mol. The Morgan fingerprint density at radius 3 is 2.59 bits per heavy atom. The second kappa shape index (κ2) is 7.92. The average molecular weight is 396 g/mol. The first-order valence-electron chi connectivity index (χ1n) is 9.05. The Morgan fingerprint density at radius 2 is 1.90 bits per heavy atom. The Bertz CT molecular complexity index is 1090. The van der Waals surface area contributed by atoms with Crippen molar-refractivity contribution < 1.29 is 18.6 Å². The third kappa shape index (κ3) is 3.66. The molecule has 0 spiro atoms. The van der Waals surface area contributed by atoms with Crippen LogP contribution in [0, 0.1) is 5.82 Å². The van der Waals surface area contributed by atoms with Crippen molar-refractivity contribution in [3.63, 3.8) is 0 Å². The molecule has 0 radical (unpaired) electrons. The summed E-state index contributed by atoms with van der Waals surface area (Å²) in [4.78, 5) is 4.69. The van der Waals surface area contributed by atoms with Gasteiger partial charge in [0.2, 0.25) is 0 Å². The maximum atomic E-state index is 13.1. The molecule has 1 N–H and O–H groups in total. The third-order valence-corrected chi connectivity index (χ3v) is 4.80. The number of halogens is 1. The highest BCUT2D eigenvalue weighted by molar-refractivity contribution is 5.79. The number of nitrogens with zero attached hydrogens (tertiary/aromatic N) is 3. The van der Waals surface area contributed by atoms with Crippen molar-refractivity contribution in [3.8, 4) is 0 Å². The van der Waals surface area contributed by atoms with Crippen LogP contribution in [-0.4, -0.2) is 42.0 Å². The second-order valence-corrected chi connectivity index (χ2v) is 6.51. The number of methoxy groups -OCH3 is 3. The van der Waals surface area contributed by atoms with Gasteiger partial charge in [-0.2, -0.15) is 5.10 Å². The molecule has 29 heavy (non-hydrogen) atoms. The van der Waals surface area contributed by atoms with Gasteiger partial charge in [-0.25, -0.2) is 13.9 Å².